The van der Waals surface area contributed by atoms with E-state index >= 15 is 0 Å². The minimum atomic E-state index is -0.632. The number of aryl methyl sites for hydroxylation is 3. The number of primary amides is 1. The molecule has 1 aliphatic carbocycles. The second-order valence-electron chi connectivity index (χ2n) is 7.03. The van der Waals surface area contributed by atoms with E-state index in [1.165, 1.54) is 16.9 Å². The van der Waals surface area contributed by atoms with Crippen molar-refractivity contribution in [3.05, 3.63) is 45.3 Å². The summed E-state index contributed by atoms with van der Waals surface area (Å²) in [7, 11) is 0. The maximum Gasteiger partial charge on any atom is 0.266 e. The van der Waals surface area contributed by atoms with Crippen molar-refractivity contribution in [2.24, 2.45) is 5.73 Å². The Morgan fingerprint density at radius 1 is 1.22 bits per heavy atom. The number of rotatable bonds is 6. The van der Waals surface area contributed by atoms with E-state index in [1.54, 1.807) is 0 Å². The topological polar surface area (TPSA) is 81.4 Å². The predicted octanol–water partition coefficient (Wildman–Crippen LogP) is 4.14. The van der Waals surface area contributed by atoms with Crippen molar-refractivity contribution in [1.29, 1.82) is 0 Å². The van der Waals surface area contributed by atoms with Crippen molar-refractivity contribution in [1.82, 2.24) is 0 Å². The van der Waals surface area contributed by atoms with Gasteiger partial charge in [-0.2, -0.15) is 0 Å². The van der Waals surface area contributed by atoms with E-state index in [2.05, 4.69) is 5.32 Å². The highest BCUT2D eigenvalue weighted by Gasteiger charge is 2.27. The molecule has 1 aromatic carbocycles. The van der Waals surface area contributed by atoms with E-state index in [1.807, 2.05) is 39.0 Å². The first-order chi connectivity index (χ1) is 12.9. The van der Waals surface area contributed by atoms with Gasteiger partial charge in [-0.15, -0.1) is 11.3 Å². The van der Waals surface area contributed by atoms with Crippen LogP contribution in [0.3, 0.4) is 0 Å². The lowest BCUT2D eigenvalue weighted by Gasteiger charge is -2.18. The van der Waals surface area contributed by atoms with Crippen molar-refractivity contribution >= 4 is 28.2 Å². The maximum absolute atomic E-state index is 12.8. The van der Waals surface area contributed by atoms with Gasteiger partial charge < -0.3 is 15.8 Å². The van der Waals surface area contributed by atoms with Crippen LogP contribution in [0.2, 0.25) is 0 Å². The minimum absolute atomic E-state index is 0.253. The summed E-state index contributed by atoms with van der Waals surface area (Å²) in [6, 6.07) is 5.79. The normalized spacial score (nSPS) is 14.3. The molecule has 1 atom stereocenters. The van der Waals surface area contributed by atoms with Crippen molar-refractivity contribution in [3.8, 4) is 5.75 Å². The summed E-state index contributed by atoms with van der Waals surface area (Å²) in [5.41, 5.74) is 9.39. The largest absolute Gasteiger partial charge is 0.481 e. The SMILES string of the molecule is CC[C@H](Oc1ccc(C)c(C)c1)C(=O)Nc1sc2c(c1C(N)=O)CCCC2. The molecular weight excluding hydrogens is 360 g/mol. The Morgan fingerprint density at radius 2 is 1.96 bits per heavy atom. The molecule has 3 rings (SSSR count). The number of nitrogens with two attached hydrogens (primary N) is 1. The van der Waals surface area contributed by atoms with Crippen LogP contribution in [-0.2, 0) is 17.6 Å². The summed E-state index contributed by atoms with van der Waals surface area (Å²) in [5.74, 6) is -0.0645. The average molecular weight is 387 g/mol. The number of hydrogen-bond acceptors (Lipinski definition) is 4. The Bertz CT molecular complexity index is 873. The van der Waals surface area contributed by atoms with Crippen LogP contribution < -0.4 is 15.8 Å². The Hall–Kier alpha value is -2.34. The smallest absolute Gasteiger partial charge is 0.266 e. The van der Waals surface area contributed by atoms with Crippen LogP contribution in [0.1, 0.15) is 58.1 Å². The van der Waals surface area contributed by atoms with Gasteiger partial charge in [-0.3, -0.25) is 9.59 Å². The summed E-state index contributed by atoms with van der Waals surface area (Å²) < 4.78 is 5.91. The Labute approximate surface area is 163 Å². The first kappa shape index (κ1) is 19.4. The summed E-state index contributed by atoms with van der Waals surface area (Å²) in [6.45, 7) is 5.95. The first-order valence-corrected chi connectivity index (χ1v) is 10.2. The standard InChI is InChI=1S/C21H26N2O3S/c1-4-16(26-14-10-9-12(2)13(3)11-14)20(25)23-21-18(19(22)24)15-7-5-6-8-17(15)27-21/h9-11,16H,4-8H2,1-3H3,(H2,22,24)(H,23,25)/t16-/m0/s1. The molecule has 0 unspecified atom stereocenters. The van der Waals surface area contributed by atoms with Crippen molar-refractivity contribution < 1.29 is 14.3 Å². The molecule has 5 nitrogen and oxygen atoms in total. The minimum Gasteiger partial charge on any atom is -0.481 e. The molecule has 1 aromatic heterocycles. The van der Waals surface area contributed by atoms with Crippen molar-refractivity contribution in [2.45, 2.75) is 59.0 Å². The van der Waals surface area contributed by atoms with Crippen LogP contribution in [0.15, 0.2) is 18.2 Å². The van der Waals surface area contributed by atoms with Gasteiger partial charge in [-0.05, 0) is 74.8 Å². The second-order valence-corrected chi connectivity index (χ2v) is 8.13. The third-order valence-corrected chi connectivity index (χ3v) is 6.28. The van der Waals surface area contributed by atoms with E-state index < -0.39 is 12.0 Å². The number of thiophene rings is 1. The van der Waals surface area contributed by atoms with E-state index in [0.717, 1.165) is 41.7 Å². The highest BCUT2D eigenvalue weighted by Crippen LogP contribution is 2.38. The van der Waals surface area contributed by atoms with E-state index in [4.69, 9.17) is 10.5 Å². The summed E-state index contributed by atoms with van der Waals surface area (Å²) >= 11 is 1.47. The molecule has 0 saturated carbocycles. The Morgan fingerprint density at radius 3 is 2.63 bits per heavy atom. The molecule has 0 bridgehead atoms. The van der Waals surface area contributed by atoms with Crippen LogP contribution in [-0.4, -0.2) is 17.9 Å². The highest BCUT2D eigenvalue weighted by molar-refractivity contribution is 7.17. The molecular formula is C21H26N2O3S. The number of amides is 2. The molecule has 2 amide bonds. The molecule has 2 aromatic rings. The maximum atomic E-state index is 12.8. The molecule has 0 spiro atoms. The fraction of sp³-hybridized carbons (Fsp3) is 0.429. The summed E-state index contributed by atoms with van der Waals surface area (Å²) in [6.07, 6.45) is 3.82. The predicted molar refractivity (Wildman–Crippen MR) is 109 cm³/mol. The Kier molecular flexibility index (Phi) is 5.85. The summed E-state index contributed by atoms with van der Waals surface area (Å²) in [4.78, 5) is 25.9. The van der Waals surface area contributed by atoms with E-state index in [9.17, 15) is 9.59 Å². The highest BCUT2D eigenvalue weighted by atomic mass is 32.1. The van der Waals surface area contributed by atoms with Gasteiger partial charge in [0.15, 0.2) is 6.10 Å². The molecule has 1 heterocycles. The number of anilines is 1. The molecule has 6 heteroatoms. The quantitative estimate of drug-likeness (QED) is 0.783. The van der Waals surface area contributed by atoms with Crippen molar-refractivity contribution in [3.63, 3.8) is 0 Å². The monoisotopic (exact) mass is 386 g/mol. The zero-order chi connectivity index (χ0) is 19.6. The van der Waals surface area contributed by atoms with Gasteiger partial charge in [0.1, 0.15) is 10.8 Å². The molecule has 3 N–H and O–H groups in total. The number of fused-ring (bicyclic) bond motifs is 1. The van der Waals surface area contributed by atoms with Crippen LogP contribution >= 0.6 is 11.3 Å². The second kappa shape index (κ2) is 8.13. The molecule has 27 heavy (non-hydrogen) atoms. The number of hydrogen-bond donors (Lipinski definition) is 2. The van der Waals surface area contributed by atoms with Gasteiger partial charge in [0.05, 0.1) is 5.56 Å². The lowest BCUT2D eigenvalue weighted by atomic mass is 9.95. The lowest BCUT2D eigenvalue weighted by Crippen LogP contribution is -2.32. The molecule has 0 fully saturated rings. The van der Waals surface area contributed by atoms with Gasteiger partial charge in [-0.1, -0.05) is 13.0 Å². The van der Waals surface area contributed by atoms with Crippen LogP contribution in [0, 0.1) is 13.8 Å². The van der Waals surface area contributed by atoms with Crippen LogP contribution in [0.4, 0.5) is 5.00 Å². The van der Waals surface area contributed by atoms with Crippen LogP contribution in [0.25, 0.3) is 0 Å². The zero-order valence-corrected chi connectivity index (χ0v) is 16.9. The number of nitrogens with one attached hydrogen (secondary N) is 1. The van der Waals surface area contributed by atoms with E-state index in [0.29, 0.717) is 22.7 Å². The lowest BCUT2D eigenvalue weighted by molar-refractivity contribution is -0.122. The third kappa shape index (κ3) is 4.16. The number of carbonyl (C=O) groups excluding carboxylic acids is 2. The number of carbonyl (C=O) groups is 2. The van der Waals surface area contributed by atoms with E-state index in [-0.39, 0.29) is 5.91 Å². The third-order valence-electron chi connectivity index (χ3n) is 5.07. The fourth-order valence-corrected chi connectivity index (χ4v) is 4.68. The van der Waals surface area contributed by atoms with Gasteiger partial charge in [0, 0.05) is 4.88 Å². The number of benzene rings is 1. The molecule has 0 radical (unpaired) electrons. The molecule has 1 aliphatic rings. The van der Waals surface area contributed by atoms with Gasteiger partial charge >= 0.3 is 0 Å². The van der Waals surface area contributed by atoms with Crippen molar-refractivity contribution in [2.75, 3.05) is 5.32 Å². The first-order valence-electron chi connectivity index (χ1n) is 9.39. The molecule has 0 aliphatic heterocycles. The summed E-state index contributed by atoms with van der Waals surface area (Å²) in [5, 5.41) is 3.46. The number of ether oxygens (including phenoxy) is 1. The zero-order valence-electron chi connectivity index (χ0n) is 16.1. The fourth-order valence-electron chi connectivity index (χ4n) is 3.38. The molecule has 0 saturated heterocycles. The van der Waals surface area contributed by atoms with Gasteiger partial charge in [0.2, 0.25) is 0 Å². The van der Waals surface area contributed by atoms with Gasteiger partial charge in [0.25, 0.3) is 11.8 Å². The van der Waals surface area contributed by atoms with Gasteiger partial charge in [-0.25, -0.2) is 0 Å². The van der Waals surface area contributed by atoms with Crippen LogP contribution in [0.5, 0.6) is 5.75 Å². The Balaban J connectivity index is 1.79. The molecule has 144 valence electrons. The average Bonchev–Trinajstić information content (AvgIpc) is 3.00.